The van der Waals surface area contributed by atoms with Crippen molar-refractivity contribution in [3.63, 3.8) is 0 Å². The van der Waals surface area contributed by atoms with E-state index in [2.05, 4.69) is 0 Å². The van der Waals surface area contributed by atoms with Crippen molar-refractivity contribution in [2.24, 2.45) is 0 Å². The lowest BCUT2D eigenvalue weighted by Gasteiger charge is -2.26. The Labute approximate surface area is 168 Å². The van der Waals surface area contributed by atoms with E-state index in [0.717, 1.165) is 11.1 Å². The minimum absolute atomic E-state index is 0.222. The molecule has 154 valence electrons. The third-order valence-electron chi connectivity index (χ3n) is 4.84. The third-order valence-corrected chi connectivity index (χ3v) is 6.75. The van der Waals surface area contributed by atoms with Gasteiger partial charge in [0.2, 0.25) is 10.0 Å². The Balaban J connectivity index is 1.42. The van der Waals surface area contributed by atoms with Crippen LogP contribution in [0.1, 0.15) is 5.56 Å². The van der Waals surface area contributed by atoms with E-state index in [0.29, 0.717) is 44.2 Å². The molecule has 0 amide bonds. The first-order valence-electron chi connectivity index (χ1n) is 9.36. The molecule has 2 heterocycles. The molecule has 0 bridgehead atoms. The monoisotopic (exact) mass is 418 g/mol. The third kappa shape index (κ3) is 4.07. The Bertz CT molecular complexity index is 1160. The smallest absolute Gasteiger partial charge is 0.420 e. The predicted molar refractivity (Wildman–Crippen MR) is 107 cm³/mol. The maximum absolute atomic E-state index is 12.6. The van der Waals surface area contributed by atoms with E-state index in [1.165, 1.54) is 21.0 Å². The summed E-state index contributed by atoms with van der Waals surface area (Å²) in [5.74, 6) is 0.101. The Hall–Kier alpha value is -2.62. The summed E-state index contributed by atoms with van der Waals surface area (Å²) in [4.78, 5) is 12.3. The maximum Gasteiger partial charge on any atom is 0.420 e. The standard InChI is InChI=1S/C20H22N2O6S/c1-15-2-7-19-18(14-15)22(20(23)28-19)10-13-27-16-3-5-17(6-4-16)29(24,25)21-8-11-26-12-9-21/h2-7,14H,8-13H2,1H3. The molecule has 9 heteroatoms. The van der Waals surface area contributed by atoms with Gasteiger partial charge in [-0.25, -0.2) is 13.2 Å². The molecule has 1 aromatic heterocycles. The molecule has 2 aromatic carbocycles. The number of aromatic nitrogens is 1. The number of ether oxygens (including phenoxy) is 2. The van der Waals surface area contributed by atoms with Crippen LogP contribution in [0.2, 0.25) is 0 Å². The molecule has 0 radical (unpaired) electrons. The van der Waals surface area contributed by atoms with E-state index < -0.39 is 15.8 Å². The van der Waals surface area contributed by atoms with Gasteiger partial charge in [-0.1, -0.05) is 6.07 Å². The van der Waals surface area contributed by atoms with Gasteiger partial charge in [-0.3, -0.25) is 4.57 Å². The van der Waals surface area contributed by atoms with E-state index in [-0.39, 0.29) is 11.5 Å². The van der Waals surface area contributed by atoms with Gasteiger partial charge in [0, 0.05) is 13.1 Å². The highest BCUT2D eigenvalue weighted by Crippen LogP contribution is 2.21. The number of rotatable bonds is 6. The average Bonchev–Trinajstić information content (AvgIpc) is 3.04. The highest BCUT2D eigenvalue weighted by molar-refractivity contribution is 7.89. The Morgan fingerprint density at radius 2 is 1.79 bits per heavy atom. The number of oxazole rings is 1. The second kappa shape index (κ2) is 8.02. The molecular weight excluding hydrogens is 396 g/mol. The second-order valence-electron chi connectivity index (χ2n) is 6.83. The Kier molecular flexibility index (Phi) is 5.44. The van der Waals surface area contributed by atoms with Crippen LogP contribution in [0.25, 0.3) is 11.1 Å². The van der Waals surface area contributed by atoms with Gasteiger partial charge in [0.05, 0.1) is 30.2 Å². The normalized spacial score (nSPS) is 15.6. The summed E-state index contributed by atoms with van der Waals surface area (Å²) in [5, 5.41) is 0. The SMILES string of the molecule is Cc1ccc2oc(=O)n(CCOc3ccc(S(=O)(=O)N4CCOCC4)cc3)c2c1. The molecule has 3 aromatic rings. The van der Waals surface area contributed by atoms with Crippen molar-refractivity contribution < 1.29 is 22.3 Å². The molecule has 8 nitrogen and oxygen atoms in total. The number of hydrogen-bond donors (Lipinski definition) is 0. The molecule has 1 aliphatic rings. The molecule has 1 saturated heterocycles. The zero-order valence-electron chi connectivity index (χ0n) is 16.0. The van der Waals surface area contributed by atoms with Crippen LogP contribution in [0, 0.1) is 6.92 Å². The summed E-state index contributed by atoms with van der Waals surface area (Å²) in [5.41, 5.74) is 2.30. The zero-order chi connectivity index (χ0) is 20.4. The summed E-state index contributed by atoms with van der Waals surface area (Å²) in [7, 11) is -3.53. The number of benzene rings is 2. The number of hydrogen-bond acceptors (Lipinski definition) is 6. The van der Waals surface area contributed by atoms with Crippen LogP contribution in [-0.4, -0.2) is 50.2 Å². The Morgan fingerprint density at radius 3 is 2.52 bits per heavy atom. The van der Waals surface area contributed by atoms with Crippen molar-refractivity contribution >= 4 is 21.1 Å². The number of nitrogens with zero attached hydrogens (tertiary/aromatic N) is 2. The molecule has 0 N–H and O–H groups in total. The van der Waals surface area contributed by atoms with Crippen LogP contribution in [0.5, 0.6) is 5.75 Å². The van der Waals surface area contributed by atoms with Crippen LogP contribution in [-0.2, 0) is 21.3 Å². The highest BCUT2D eigenvalue weighted by Gasteiger charge is 2.26. The largest absolute Gasteiger partial charge is 0.492 e. The topological polar surface area (TPSA) is 91.0 Å². The van der Waals surface area contributed by atoms with Gasteiger partial charge >= 0.3 is 5.76 Å². The Morgan fingerprint density at radius 1 is 1.07 bits per heavy atom. The minimum Gasteiger partial charge on any atom is -0.492 e. The summed E-state index contributed by atoms with van der Waals surface area (Å²) in [6.07, 6.45) is 0. The van der Waals surface area contributed by atoms with E-state index in [9.17, 15) is 13.2 Å². The van der Waals surface area contributed by atoms with Crippen molar-refractivity contribution in [3.8, 4) is 5.75 Å². The van der Waals surface area contributed by atoms with Crippen molar-refractivity contribution in [2.75, 3.05) is 32.9 Å². The lowest BCUT2D eigenvalue weighted by molar-refractivity contribution is 0.0730. The van der Waals surface area contributed by atoms with Gasteiger partial charge < -0.3 is 13.9 Å². The van der Waals surface area contributed by atoms with E-state index >= 15 is 0 Å². The lowest BCUT2D eigenvalue weighted by atomic mass is 10.2. The highest BCUT2D eigenvalue weighted by atomic mass is 32.2. The molecule has 1 aliphatic heterocycles. The average molecular weight is 418 g/mol. The molecule has 29 heavy (non-hydrogen) atoms. The fourth-order valence-corrected chi connectivity index (χ4v) is 4.69. The first kappa shape index (κ1) is 19.7. The fraction of sp³-hybridized carbons (Fsp3) is 0.350. The zero-order valence-corrected chi connectivity index (χ0v) is 16.9. The molecule has 1 fully saturated rings. The van der Waals surface area contributed by atoms with Crippen LogP contribution in [0.3, 0.4) is 0 Å². The van der Waals surface area contributed by atoms with Gasteiger partial charge in [0.25, 0.3) is 0 Å². The number of fused-ring (bicyclic) bond motifs is 1. The maximum atomic E-state index is 12.6. The van der Waals surface area contributed by atoms with Crippen LogP contribution >= 0.6 is 0 Å². The van der Waals surface area contributed by atoms with E-state index in [1.54, 1.807) is 18.2 Å². The summed E-state index contributed by atoms with van der Waals surface area (Å²) in [6.45, 7) is 4.04. The van der Waals surface area contributed by atoms with E-state index in [1.807, 2.05) is 19.1 Å². The van der Waals surface area contributed by atoms with Gasteiger partial charge in [-0.2, -0.15) is 4.31 Å². The number of aryl methyl sites for hydroxylation is 1. The van der Waals surface area contributed by atoms with Crippen LogP contribution in [0.15, 0.2) is 56.6 Å². The molecule has 0 saturated carbocycles. The van der Waals surface area contributed by atoms with Gasteiger partial charge in [0.15, 0.2) is 5.58 Å². The van der Waals surface area contributed by atoms with Gasteiger partial charge in [-0.05, 0) is 48.9 Å². The molecular formula is C20H22N2O6S. The lowest BCUT2D eigenvalue weighted by Crippen LogP contribution is -2.40. The van der Waals surface area contributed by atoms with Crippen molar-refractivity contribution in [1.82, 2.24) is 8.87 Å². The van der Waals surface area contributed by atoms with Crippen molar-refractivity contribution in [1.29, 1.82) is 0 Å². The van der Waals surface area contributed by atoms with Crippen LogP contribution < -0.4 is 10.5 Å². The number of sulfonamides is 1. The first-order valence-corrected chi connectivity index (χ1v) is 10.8. The summed E-state index contributed by atoms with van der Waals surface area (Å²) in [6, 6.07) is 11.9. The quantitative estimate of drug-likeness (QED) is 0.608. The van der Waals surface area contributed by atoms with Crippen LogP contribution in [0.4, 0.5) is 0 Å². The molecule has 0 unspecified atom stereocenters. The fourth-order valence-electron chi connectivity index (χ4n) is 3.28. The summed E-state index contributed by atoms with van der Waals surface area (Å²) >= 11 is 0. The predicted octanol–water partition coefficient (Wildman–Crippen LogP) is 2.00. The number of morpholine rings is 1. The summed E-state index contributed by atoms with van der Waals surface area (Å²) < 4.78 is 44.4. The second-order valence-corrected chi connectivity index (χ2v) is 8.77. The minimum atomic E-state index is -3.53. The van der Waals surface area contributed by atoms with Gasteiger partial charge in [0.1, 0.15) is 12.4 Å². The first-order chi connectivity index (χ1) is 13.9. The van der Waals surface area contributed by atoms with Crippen molar-refractivity contribution in [3.05, 3.63) is 58.6 Å². The molecule has 4 rings (SSSR count). The van der Waals surface area contributed by atoms with Crippen molar-refractivity contribution in [2.45, 2.75) is 18.4 Å². The molecule has 0 aliphatic carbocycles. The molecule has 0 atom stereocenters. The van der Waals surface area contributed by atoms with Gasteiger partial charge in [-0.15, -0.1) is 0 Å². The molecule has 0 spiro atoms. The van der Waals surface area contributed by atoms with E-state index in [4.69, 9.17) is 13.9 Å².